The van der Waals surface area contributed by atoms with Gasteiger partial charge in [0.25, 0.3) is 0 Å². The van der Waals surface area contributed by atoms with E-state index in [1.165, 1.54) is 12.1 Å². The largest absolute Gasteiger partial charge is 0.461 e. The molecule has 3 aromatic rings. The van der Waals surface area contributed by atoms with Crippen LogP contribution in [0, 0.1) is 0 Å². The summed E-state index contributed by atoms with van der Waals surface area (Å²) in [4.78, 5) is 18.8. The van der Waals surface area contributed by atoms with Crippen LogP contribution in [0.5, 0.6) is 0 Å². The summed E-state index contributed by atoms with van der Waals surface area (Å²) in [6.07, 6.45) is -2.88. The quantitative estimate of drug-likeness (QED) is 0.309. The van der Waals surface area contributed by atoms with Crippen molar-refractivity contribution in [1.82, 2.24) is 9.88 Å². The minimum atomic E-state index is -4.42. The van der Waals surface area contributed by atoms with Crippen molar-refractivity contribution in [3.63, 3.8) is 0 Å². The Morgan fingerprint density at radius 3 is 2.41 bits per heavy atom. The number of hydrogen-bond donors (Lipinski definition) is 0. The minimum Gasteiger partial charge on any atom is -0.461 e. The number of likely N-dealkylation sites (tertiary alicyclic amines) is 1. The molecule has 0 N–H and O–H groups in total. The van der Waals surface area contributed by atoms with E-state index >= 15 is 0 Å². The Bertz CT molecular complexity index is 1160. The molecule has 196 valence electrons. The number of rotatable bonds is 9. The fourth-order valence-electron chi connectivity index (χ4n) is 4.43. The van der Waals surface area contributed by atoms with Crippen LogP contribution in [0.25, 0.3) is 0 Å². The van der Waals surface area contributed by atoms with Gasteiger partial charge in [0.1, 0.15) is 11.8 Å². The van der Waals surface area contributed by atoms with Gasteiger partial charge >= 0.3 is 12.1 Å². The molecule has 0 spiro atoms. The van der Waals surface area contributed by atoms with Crippen LogP contribution >= 0.6 is 0 Å². The topological polar surface area (TPSA) is 51.7 Å². The number of piperidine rings is 1. The Morgan fingerprint density at radius 1 is 1.00 bits per heavy atom. The molecule has 0 saturated carbocycles. The molecule has 2 heterocycles. The Labute approximate surface area is 215 Å². The van der Waals surface area contributed by atoms with Gasteiger partial charge in [0, 0.05) is 19.6 Å². The highest BCUT2D eigenvalue weighted by molar-refractivity contribution is 5.87. The highest BCUT2D eigenvalue weighted by atomic mass is 19.4. The summed E-state index contributed by atoms with van der Waals surface area (Å²) in [6.45, 7) is 4.40. The highest BCUT2D eigenvalue weighted by Crippen LogP contribution is 2.35. The van der Waals surface area contributed by atoms with E-state index in [2.05, 4.69) is 9.88 Å². The Morgan fingerprint density at radius 2 is 1.70 bits per heavy atom. The van der Waals surface area contributed by atoms with Crippen LogP contribution in [-0.2, 0) is 22.2 Å². The monoisotopic (exact) mass is 512 g/mol. The molecule has 1 saturated heterocycles. The molecule has 4 rings (SSSR count). The summed E-state index contributed by atoms with van der Waals surface area (Å²) >= 11 is 0. The van der Waals surface area contributed by atoms with E-state index < -0.39 is 23.8 Å². The molecular weight excluding hydrogens is 481 g/mol. The first-order chi connectivity index (χ1) is 17.8. The molecular formula is C29H31F3N2O3. The predicted molar refractivity (Wildman–Crippen MR) is 134 cm³/mol. The molecule has 1 aromatic heterocycles. The number of hydrogen-bond acceptors (Lipinski definition) is 5. The Balaban J connectivity index is 1.40. The zero-order valence-corrected chi connectivity index (χ0v) is 20.8. The van der Waals surface area contributed by atoms with Gasteiger partial charge < -0.3 is 9.47 Å². The van der Waals surface area contributed by atoms with Gasteiger partial charge in [-0.2, -0.15) is 13.2 Å². The summed E-state index contributed by atoms with van der Waals surface area (Å²) < 4.78 is 51.7. The number of ether oxygens (including phenoxy) is 2. The van der Waals surface area contributed by atoms with Crippen molar-refractivity contribution in [3.05, 3.63) is 101 Å². The second kappa shape index (κ2) is 12.3. The summed E-state index contributed by atoms with van der Waals surface area (Å²) in [5.41, 5.74) is 1.71. The first-order valence-electron chi connectivity index (χ1n) is 12.6. The predicted octanol–water partition coefficient (Wildman–Crippen LogP) is 6.44. The molecule has 0 aliphatic carbocycles. The average Bonchev–Trinajstić information content (AvgIpc) is 2.91. The lowest BCUT2D eigenvalue weighted by atomic mass is 9.98. The second-order valence-corrected chi connectivity index (χ2v) is 9.18. The van der Waals surface area contributed by atoms with E-state index in [9.17, 15) is 18.0 Å². The summed E-state index contributed by atoms with van der Waals surface area (Å²) in [6, 6.07) is 20.1. The molecule has 2 aromatic carbocycles. The van der Waals surface area contributed by atoms with Crippen LogP contribution in [0.2, 0.25) is 0 Å². The van der Waals surface area contributed by atoms with Crippen molar-refractivity contribution < 1.29 is 27.4 Å². The third kappa shape index (κ3) is 7.40. The fourth-order valence-corrected chi connectivity index (χ4v) is 4.43. The number of aromatic nitrogens is 1. The number of halogens is 3. The lowest BCUT2D eigenvalue weighted by Gasteiger charge is -2.34. The van der Waals surface area contributed by atoms with Crippen LogP contribution in [-0.4, -0.2) is 41.7 Å². The number of pyridine rings is 1. The molecule has 0 radical (unpaired) electrons. The molecule has 5 nitrogen and oxygen atoms in total. The van der Waals surface area contributed by atoms with Gasteiger partial charge in [-0.1, -0.05) is 55.5 Å². The van der Waals surface area contributed by atoms with Crippen molar-refractivity contribution in [3.8, 4) is 0 Å². The van der Waals surface area contributed by atoms with E-state index in [0.29, 0.717) is 24.4 Å². The lowest BCUT2D eigenvalue weighted by molar-refractivity contribution is -0.137. The Kier molecular flexibility index (Phi) is 8.95. The molecule has 0 amide bonds. The van der Waals surface area contributed by atoms with Crippen LogP contribution in [0.1, 0.15) is 65.2 Å². The number of alkyl halides is 3. The Hall–Kier alpha value is -3.23. The summed E-state index contributed by atoms with van der Waals surface area (Å²) in [5.74, 6) is -0.419. The summed E-state index contributed by atoms with van der Waals surface area (Å²) in [7, 11) is 0. The van der Waals surface area contributed by atoms with Crippen LogP contribution in [0.4, 0.5) is 13.2 Å². The van der Waals surface area contributed by atoms with E-state index in [1.807, 2.05) is 43.3 Å². The van der Waals surface area contributed by atoms with Crippen LogP contribution < -0.4 is 0 Å². The first kappa shape index (κ1) is 26.8. The lowest BCUT2D eigenvalue weighted by Crippen LogP contribution is -2.37. The molecule has 1 unspecified atom stereocenters. The number of carbonyl (C=O) groups is 1. The van der Waals surface area contributed by atoms with Gasteiger partial charge in [0.2, 0.25) is 0 Å². The minimum absolute atomic E-state index is 0.0979. The van der Waals surface area contributed by atoms with E-state index in [-0.39, 0.29) is 6.10 Å². The molecule has 1 aliphatic heterocycles. The molecule has 1 fully saturated rings. The van der Waals surface area contributed by atoms with Crippen LogP contribution in [0.3, 0.4) is 0 Å². The third-order valence-electron chi connectivity index (χ3n) is 6.32. The van der Waals surface area contributed by atoms with Gasteiger partial charge in [-0.25, -0.2) is 9.78 Å². The maximum Gasteiger partial charge on any atom is 0.416 e. The maximum absolute atomic E-state index is 13.4. The van der Waals surface area contributed by atoms with Crippen molar-refractivity contribution in [2.24, 2.45) is 0 Å². The van der Waals surface area contributed by atoms with E-state index in [0.717, 1.165) is 49.7 Å². The molecule has 1 atom stereocenters. The molecule has 0 bridgehead atoms. The van der Waals surface area contributed by atoms with Crippen molar-refractivity contribution in [2.45, 2.75) is 51.1 Å². The van der Waals surface area contributed by atoms with Gasteiger partial charge in [-0.05, 0) is 54.7 Å². The van der Waals surface area contributed by atoms with Gasteiger partial charge in [0.15, 0.2) is 0 Å². The number of benzene rings is 2. The van der Waals surface area contributed by atoms with Gasteiger partial charge in [-0.3, -0.25) is 4.90 Å². The third-order valence-corrected chi connectivity index (χ3v) is 6.32. The van der Waals surface area contributed by atoms with Gasteiger partial charge in [-0.15, -0.1) is 0 Å². The van der Waals surface area contributed by atoms with Gasteiger partial charge in [0.05, 0.1) is 24.0 Å². The number of carbonyl (C=O) groups excluding carboxylic acids is 1. The van der Waals surface area contributed by atoms with Crippen molar-refractivity contribution >= 4 is 5.97 Å². The van der Waals surface area contributed by atoms with Crippen molar-refractivity contribution in [2.75, 3.05) is 19.7 Å². The normalized spacial score (nSPS) is 15.9. The van der Waals surface area contributed by atoms with Crippen LogP contribution in [0.15, 0.2) is 72.8 Å². The molecule has 1 aliphatic rings. The standard InChI is InChI=1S/C29H31F3N2O3/c1-2-18-36-28(35)26-13-7-12-24(33-26)20-34-16-14-25(15-17-34)37-27(21-8-4-3-5-9-21)22-10-6-11-23(19-22)29(30,31)32/h3-13,19,25,27H,2,14-18,20H2,1H3. The smallest absolute Gasteiger partial charge is 0.416 e. The molecule has 8 heteroatoms. The summed E-state index contributed by atoms with van der Waals surface area (Å²) in [5, 5.41) is 0. The number of esters is 1. The van der Waals surface area contributed by atoms with Crippen molar-refractivity contribution in [1.29, 1.82) is 0 Å². The second-order valence-electron chi connectivity index (χ2n) is 9.18. The molecule has 37 heavy (non-hydrogen) atoms. The zero-order valence-electron chi connectivity index (χ0n) is 20.8. The highest BCUT2D eigenvalue weighted by Gasteiger charge is 2.32. The zero-order chi connectivity index (χ0) is 26.3. The number of nitrogens with zero attached hydrogens (tertiary/aromatic N) is 2. The fraction of sp³-hybridized carbons (Fsp3) is 0.379. The van der Waals surface area contributed by atoms with E-state index in [4.69, 9.17) is 9.47 Å². The maximum atomic E-state index is 13.4. The SMILES string of the molecule is CCCOC(=O)c1cccc(CN2CCC(OC(c3ccccc3)c3cccc(C(F)(F)F)c3)CC2)n1. The first-order valence-corrected chi connectivity index (χ1v) is 12.6. The average molecular weight is 513 g/mol. The van der Waals surface area contributed by atoms with E-state index in [1.54, 1.807) is 18.2 Å².